The predicted molar refractivity (Wildman–Crippen MR) is 69.8 cm³/mol. The van der Waals surface area contributed by atoms with Crippen LogP contribution in [-0.2, 0) is 0 Å². The number of nitrogens with zero attached hydrogens (tertiary/aromatic N) is 1. The van der Waals surface area contributed by atoms with Gasteiger partial charge in [0.25, 0.3) is 0 Å². The first-order chi connectivity index (χ1) is 9.24. The third-order valence-electron chi connectivity index (χ3n) is 2.64. The molecule has 2 N–H and O–H groups in total. The predicted octanol–water partition coefficient (Wildman–Crippen LogP) is 2.05. The number of ether oxygens (including phenoxy) is 2. The summed E-state index contributed by atoms with van der Waals surface area (Å²) in [4.78, 5) is 20.4. The number of hydrogen-bond donors (Lipinski definition) is 2. The van der Waals surface area contributed by atoms with E-state index in [1.54, 1.807) is 43.6 Å². The average Bonchev–Trinajstić information content (AvgIpc) is 2.79. The van der Waals surface area contributed by atoms with Crippen LogP contribution in [0.15, 0.2) is 41.3 Å². The van der Waals surface area contributed by atoms with Crippen LogP contribution in [0.1, 0.15) is 0 Å². The lowest BCUT2D eigenvalue weighted by molar-refractivity contribution is 0.413. The third-order valence-corrected chi connectivity index (χ3v) is 2.64. The number of pyridine rings is 1. The van der Waals surface area contributed by atoms with Crippen LogP contribution >= 0.6 is 0 Å². The smallest absolute Gasteiger partial charge is 0.325 e. The van der Waals surface area contributed by atoms with Gasteiger partial charge >= 0.3 is 5.69 Å². The Balaban J connectivity index is 1.89. The average molecular weight is 257 g/mol. The number of benzene rings is 1. The maximum Gasteiger partial charge on any atom is 0.325 e. The molecular weight excluding hydrogens is 246 g/mol. The zero-order valence-corrected chi connectivity index (χ0v) is 10.1. The van der Waals surface area contributed by atoms with Gasteiger partial charge in [0.1, 0.15) is 17.2 Å². The lowest BCUT2D eigenvalue weighted by Gasteiger charge is -2.06. The molecule has 0 atom stereocenters. The monoisotopic (exact) mass is 257 g/mol. The first kappa shape index (κ1) is 11.3. The first-order valence-corrected chi connectivity index (χ1v) is 5.64. The zero-order valence-electron chi connectivity index (χ0n) is 10.1. The highest BCUT2D eigenvalue weighted by Gasteiger charge is 2.03. The molecule has 0 bridgehead atoms. The molecule has 0 aliphatic carbocycles. The molecule has 0 unspecified atom stereocenters. The minimum absolute atomic E-state index is 0.288. The number of H-pyrrole nitrogens is 2. The van der Waals surface area contributed by atoms with E-state index in [0.29, 0.717) is 22.7 Å². The van der Waals surface area contributed by atoms with Gasteiger partial charge in [-0.3, -0.25) is 4.98 Å². The van der Waals surface area contributed by atoms with Crippen molar-refractivity contribution in [3.8, 4) is 17.2 Å². The van der Waals surface area contributed by atoms with E-state index in [0.717, 1.165) is 5.75 Å². The molecule has 3 rings (SSSR count). The number of aromatic amines is 2. The Kier molecular flexibility index (Phi) is 2.68. The van der Waals surface area contributed by atoms with Crippen LogP contribution in [0.2, 0.25) is 0 Å². The van der Waals surface area contributed by atoms with Crippen molar-refractivity contribution in [2.45, 2.75) is 0 Å². The van der Waals surface area contributed by atoms with Gasteiger partial charge in [0, 0.05) is 6.07 Å². The molecule has 6 nitrogen and oxygen atoms in total. The second-order valence-electron chi connectivity index (χ2n) is 3.92. The van der Waals surface area contributed by atoms with E-state index in [2.05, 4.69) is 15.0 Å². The van der Waals surface area contributed by atoms with Crippen molar-refractivity contribution < 1.29 is 9.47 Å². The van der Waals surface area contributed by atoms with E-state index in [9.17, 15) is 4.79 Å². The highest BCUT2D eigenvalue weighted by atomic mass is 16.5. The second kappa shape index (κ2) is 4.49. The van der Waals surface area contributed by atoms with E-state index in [4.69, 9.17) is 9.47 Å². The first-order valence-electron chi connectivity index (χ1n) is 5.64. The van der Waals surface area contributed by atoms with Crippen LogP contribution in [0, 0.1) is 0 Å². The lowest BCUT2D eigenvalue weighted by atomic mass is 10.3. The summed E-state index contributed by atoms with van der Waals surface area (Å²) in [6.45, 7) is 0. The van der Waals surface area contributed by atoms with Crippen molar-refractivity contribution in [1.29, 1.82) is 0 Å². The van der Waals surface area contributed by atoms with Crippen LogP contribution in [0.5, 0.6) is 17.2 Å². The second-order valence-corrected chi connectivity index (χ2v) is 3.92. The van der Waals surface area contributed by atoms with Gasteiger partial charge in [-0.2, -0.15) is 0 Å². The van der Waals surface area contributed by atoms with Gasteiger partial charge < -0.3 is 14.5 Å². The summed E-state index contributed by atoms with van der Waals surface area (Å²) in [5.74, 6) is 1.98. The van der Waals surface area contributed by atoms with E-state index in [1.807, 2.05) is 0 Å². The maximum absolute atomic E-state index is 11.1. The van der Waals surface area contributed by atoms with Crippen LogP contribution in [-0.4, -0.2) is 22.1 Å². The maximum atomic E-state index is 11.1. The molecular formula is C13H11N3O3. The van der Waals surface area contributed by atoms with Crippen molar-refractivity contribution in [3.63, 3.8) is 0 Å². The highest BCUT2D eigenvalue weighted by Crippen LogP contribution is 2.24. The number of methoxy groups -OCH3 is 1. The molecule has 0 saturated heterocycles. The van der Waals surface area contributed by atoms with Crippen molar-refractivity contribution in [3.05, 3.63) is 47.0 Å². The number of rotatable bonds is 3. The van der Waals surface area contributed by atoms with E-state index in [1.165, 1.54) is 0 Å². The van der Waals surface area contributed by atoms with E-state index < -0.39 is 0 Å². The SMILES string of the molecule is COc1ccc(Oc2cnc3[nH]c(=O)[nH]c3c2)cc1. The molecule has 2 heterocycles. The van der Waals surface area contributed by atoms with Crippen molar-refractivity contribution in [2.75, 3.05) is 7.11 Å². The molecule has 0 aliphatic heterocycles. The van der Waals surface area contributed by atoms with Crippen molar-refractivity contribution >= 4 is 11.2 Å². The normalized spacial score (nSPS) is 10.6. The summed E-state index contributed by atoms with van der Waals surface area (Å²) in [7, 11) is 1.61. The molecule has 3 aromatic rings. The summed E-state index contributed by atoms with van der Waals surface area (Å²) in [6.07, 6.45) is 1.55. The Hall–Kier alpha value is -2.76. The summed E-state index contributed by atoms with van der Waals surface area (Å²) in [5, 5.41) is 0. The van der Waals surface area contributed by atoms with E-state index in [-0.39, 0.29) is 5.69 Å². The Morgan fingerprint density at radius 3 is 2.53 bits per heavy atom. The quantitative estimate of drug-likeness (QED) is 0.752. The highest BCUT2D eigenvalue weighted by molar-refractivity contribution is 5.71. The van der Waals surface area contributed by atoms with Crippen molar-refractivity contribution in [2.24, 2.45) is 0 Å². The van der Waals surface area contributed by atoms with Gasteiger partial charge in [0.2, 0.25) is 0 Å². The minimum atomic E-state index is -0.288. The van der Waals surface area contributed by atoms with Gasteiger partial charge in [0.15, 0.2) is 5.65 Å². The largest absolute Gasteiger partial charge is 0.497 e. The van der Waals surface area contributed by atoms with E-state index >= 15 is 0 Å². The van der Waals surface area contributed by atoms with Gasteiger partial charge in [-0.1, -0.05) is 0 Å². The molecule has 19 heavy (non-hydrogen) atoms. The molecule has 96 valence electrons. The Morgan fingerprint density at radius 2 is 1.79 bits per heavy atom. The molecule has 0 fully saturated rings. The summed E-state index contributed by atoms with van der Waals surface area (Å²) < 4.78 is 10.7. The zero-order chi connectivity index (χ0) is 13.2. The lowest BCUT2D eigenvalue weighted by Crippen LogP contribution is -1.99. The topological polar surface area (TPSA) is 80.0 Å². The van der Waals surface area contributed by atoms with Gasteiger partial charge in [-0.15, -0.1) is 0 Å². The number of fused-ring (bicyclic) bond motifs is 1. The fraction of sp³-hybridized carbons (Fsp3) is 0.0769. The van der Waals surface area contributed by atoms with Gasteiger partial charge in [0.05, 0.1) is 18.8 Å². The fourth-order valence-corrected chi connectivity index (χ4v) is 1.74. The van der Waals surface area contributed by atoms with Gasteiger partial charge in [-0.05, 0) is 24.3 Å². The van der Waals surface area contributed by atoms with Crippen molar-refractivity contribution in [1.82, 2.24) is 15.0 Å². The summed E-state index contributed by atoms with van der Waals surface area (Å²) >= 11 is 0. The van der Waals surface area contributed by atoms with Crippen LogP contribution in [0.4, 0.5) is 0 Å². The molecule has 0 radical (unpaired) electrons. The molecule has 0 amide bonds. The number of hydrogen-bond acceptors (Lipinski definition) is 4. The number of imidazole rings is 1. The molecule has 0 saturated carbocycles. The molecule has 1 aromatic carbocycles. The molecule has 0 spiro atoms. The number of nitrogens with one attached hydrogen (secondary N) is 2. The Labute approximate surface area is 108 Å². The summed E-state index contributed by atoms with van der Waals surface area (Å²) in [6, 6.07) is 8.91. The molecule has 6 heteroatoms. The standard InChI is InChI=1S/C13H11N3O3/c1-18-8-2-4-9(5-3-8)19-10-6-11-12(14-7-10)16-13(17)15-11/h2-7H,1H3,(H2,14,15,16,17). The van der Waals surface area contributed by atoms with Crippen LogP contribution < -0.4 is 15.2 Å². The molecule has 2 aromatic heterocycles. The Bertz CT molecular complexity index is 759. The van der Waals surface area contributed by atoms with Gasteiger partial charge in [-0.25, -0.2) is 9.78 Å². The third kappa shape index (κ3) is 2.28. The fourth-order valence-electron chi connectivity index (χ4n) is 1.74. The molecule has 0 aliphatic rings. The minimum Gasteiger partial charge on any atom is -0.497 e. The Morgan fingerprint density at radius 1 is 1.05 bits per heavy atom. The van der Waals surface area contributed by atoms with Crippen LogP contribution in [0.3, 0.4) is 0 Å². The number of aromatic nitrogens is 3. The summed E-state index contributed by atoms with van der Waals surface area (Å²) in [5.41, 5.74) is 0.826. The van der Waals surface area contributed by atoms with Crippen LogP contribution in [0.25, 0.3) is 11.2 Å².